The van der Waals surface area contributed by atoms with Gasteiger partial charge in [0.05, 0.1) is 18.3 Å². The molecule has 1 atom stereocenters. The van der Waals surface area contributed by atoms with E-state index in [0.29, 0.717) is 6.61 Å². The number of ether oxygens (including phenoxy) is 2. The van der Waals surface area contributed by atoms with Gasteiger partial charge in [0.2, 0.25) is 5.91 Å². The SMILES string of the molecule is CCN(CC)C(=O)COCC1CNCC(C)(C)O1. The largest absolute Gasteiger partial charge is 0.369 e. The van der Waals surface area contributed by atoms with Gasteiger partial charge in [0.1, 0.15) is 6.61 Å². The van der Waals surface area contributed by atoms with Gasteiger partial charge in [-0.2, -0.15) is 0 Å². The lowest BCUT2D eigenvalue weighted by molar-refractivity contribution is -0.143. The molecule has 0 aromatic rings. The summed E-state index contributed by atoms with van der Waals surface area (Å²) in [4.78, 5) is 13.5. The first-order valence-electron chi connectivity index (χ1n) is 6.72. The Morgan fingerprint density at radius 3 is 2.67 bits per heavy atom. The Balaban J connectivity index is 2.23. The number of carbonyl (C=O) groups is 1. The number of likely N-dealkylation sites (N-methyl/N-ethyl adjacent to an activating group) is 1. The van der Waals surface area contributed by atoms with Crippen molar-refractivity contribution in [2.75, 3.05) is 39.4 Å². The molecule has 106 valence electrons. The van der Waals surface area contributed by atoms with Crippen LogP contribution in [0.5, 0.6) is 0 Å². The summed E-state index contributed by atoms with van der Waals surface area (Å²) in [7, 11) is 0. The minimum atomic E-state index is -0.158. The van der Waals surface area contributed by atoms with Gasteiger partial charge in [-0.3, -0.25) is 4.79 Å². The zero-order chi connectivity index (χ0) is 13.6. The maximum absolute atomic E-state index is 11.7. The van der Waals surface area contributed by atoms with Crippen molar-refractivity contribution in [3.8, 4) is 0 Å². The van der Waals surface area contributed by atoms with E-state index in [4.69, 9.17) is 9.47 Å². The third-order valence-electron chi connectivity index (χ3n) is 3.05. The highest BCUT2D eigenvalue weighted by atomic mass is 16.5. The Hall–Kier alpha value is -0.650. The minimum absolute atomic E-state index is 0.0262. The lowest BCUT2D eigenvalue weighted by Gasteiger charge is -2.36. The maximum Gasteiger partial charge on any atom is 0.248 e. The molecule has 0 saturated carbocycles. The quantitative estimate of drug-likeness (QED) is 0.759. The van der Waals surface area contributed by atoms with Crippen molar-refractivity contribution in [2.45, 2.75) is 39.4 Å². The van der Waals surface area contributed by atoms with Gasteiger partial charge in [-0.05, 0) is 27.7 Å². The van der Waals surface area contributed by atoms with E-state index in [2.05, 4.69) is 5.32 Å². The number of hydrogen-bond donors (Lipinski definition) is 1. The lowest BCUT2D eigenvalue weighted by Crippen LogP contribution is -2.52. The number of nitrogens with zero attached hydrogens (tertiary/aromatic N) is 1. The minimum Gasteiger partial charge on any atom is -0.369 e. The highest BCUT2D eigenvalue weighted by Gasteiger charge is 2.28. The number of hydrogen-bond acceptors (Lipinski definition) is 4. The van der Waals surface area contributed by atoms with Gasteiger partial charge in [0.15, 0.2) is 0 Å². The fourth-order valence-electron chi connectivity index (χ4n) is 2.11. The van der Waals surface area contributed by atoms with E-state index in [1.54, 1.807) is 4.90 Å². The third kappa shape index (κ3) is 4.92. The smallest absolute Gasteiger partial charge is 0.248 e. The number of carbonyl (C=O) groups excluding carboxylic acids is 1. The molecule has 5 nitrogen and oxygen atoms in total. The van der Waals surface area contributed by atoms with Crippen LogP contribution in [0.15, 0.2) is 0 Å². The zero-order valence-corrected chi connectivity index (χ0v) is 12.0. The van der Waals surface area contributed by atoms with Gasteiger partial charge in [-0.1, -0.05) is 0 Å². The average Bonchev–Trinajstić information content (AvgIpc) is 2.29. The van der Waals surface area contributed by atoms with Crippen molar-refractivity contribution in [1.29, 1.82) is 0 Å². The Labute approximate surface area is 110 Å². The van der Waals surface area contributed by atoms with Gasteiger partial charge >= 0.3 is 0 Å². The van der Waals surface area contributed by atoms with E-state index >= 15 is 0 Å². The van der Waals surface area contributed by atoms with E-state index in [9.17, 15) is 4.79 Å². The Morgan fingerprint density at radius 1 is 1.44 bits per heavy atom. The molecule has 1 saturated heterocycles. The molecule has 0 aromatic heterocycles. The lowest BCUT2D eigenvalue weighted by atomic mass is 10.1. The molecule has 0 radical (unpaired) electrons. The van der Waals surface area contributed by atoms with Crippen LogP contribution in [-0.4, -0.2) is 61.9 Å². The standard InChI is InChI=1S/C13H26N2O3/c1-5-15(6-2)12(16)9-17-8-11-7-14-10-13(3,4)18-11/h11,14H,5-10H2,1-4H3. The second-order valence-corrected chi connectivity index (χ2v) is 5.21. The monoisotopic (exact) mass is 258 g/mol. The molecule has 5 heteroatoms. The summed E-state index contributed by atoms with van der Waals surface area (Å²) in [5, 5.41) is 3.31. The van der Waals surface area contributed by atoms with Crippen LogP contribution in [0.25, 0.3) is 0 Å². The summed E-state index contributed by atoms with van der Waals surface area (Å²) in [6.07, 6.45) is 0.0262. The van der Waals surface area contributed by atoms with Gasteiger partial charge in [-0.25, -0.2) is 0 Å². The van der Waals surface area contributed by atoms with E-state index < -0.39 is 0 Å². The number of morpholine rings is 1. The zero-order valence-electron chi connectivity index (χ0n) is 12.0. The first-order chi connectivity index (χ1) is 8.48. The van der Waals surface area contributed by atoms with E-state index in [-0.39, 0.29) is 24.2 Å². The van der Waals surface area contributed by atoms with Crippen molar-refractivity contribution >= 4 is 5.91 Å². The van der Waals surface area contributed by atoms with Crippen LogP contribution in [0.4, 0.5) is 0 Å². The molecule has 1 heterocycles. The second kappa shape index (κ2) is 7.07. The molecule has 1 aliphatic heterocycles. The van der Waals surface area contributed by atoms with Crippen LogP contribution in [0.2, 0.25) is 0 Å². The molecule has 1 N–H and O–H groups in total. The fraction of sp³-hybridized carbons (Fsp3) is 0.923. The van der Waals surface area contributed by atoms with Crippen molar-refractivity contribution in [3.05, 3.63) is 0 Å². The summed E-state index contributed by atoms with van der Waals surface area (Å²) >= 11 is 0. The molecule has 1 amide bonds. The molecule has 1 aliphatic rings. The maximum atomic E-state index is 11.7. The highest BCUT2D eigenvalue weighted by molar-refractivity contribution is 5.77. The van der Waals surface area contributed by atoms with Crippen LogP contribution in [0, 0.1) is 0 Å². The molecule has 0 bridgehead atoms. The van der Waals surface area contributed by atoms with E-state index in [1.807, 2.05) is 27.7 Å². The van der Waals surface area contributed by atoms with Crippen LogP contribution >= 0.6 is 0 Å². The normalized spacial score (nSPS) is 22.8. The highest BCUT2D eigenvalue weighted by Crippen LogP contribution is 2.15. The summed E-state index contributed by atoms with van der Waals surface area (Å²) < 4.78 is 11.3. The molecule has 0 aromatic carbocycles. The molecule has 18 heavy (non-hydrogen) atoms. The Morgan fingerprint density at radius 2 is 2.11 bits per heavy atom. The number of amides is 1. The predicted molar refractivity (Wildman–Crippen MR) is 70.6 cm³/mol. The number of nitrogens with one attached hydrogen (secondary N) is 1. The van der Waals surface area contributed by atoms with Crippen LogP contribution in [-0.2, 0) is 14.3 Å². The van der Waals surface area contributed by atoms with Crippen molar-refractivity contribution < 1.29 is 14.3 Å². The van der Waals surface area contributed by atoms with Gasteiger partial charge in [-0.15, -0.1) is 0 Å². The van der Waals surface area contributed by atoms with Crippen molar-refractivity contribution in [3.63, 3.8) is 0 Å². The summed E-state index contributed by atoms with van der Waals surface area (Å²) in [5.41, 5.74) is -0.158. The van der Waals surface area contributed by atoms with Crippen LogP contribution in [0.1, 0.15) is 27.7 Å². The Kier molecular flexibility index (Phi) is 6.05. The molecule has 0 aliphatic carbocycles. The average molecular weight is 258 g/mol. The topological polar surface area (TPSA) is 50.8 Å². The third-order valence-corrected chi connectivity index (χ3v) is 3.05. The van der Waals surface area contributed by atoms with E-state index in [1.165, 1.54) is 0 Å². The van der Waals surface area contributed by atoms with Crippen molar-refractivity contribution in [1.82, 2.24) is 10.2 Å². The molecule has 1 rings (SSSR count). The summed E-state index contributed by atoms with van der Waals surface area (Å²) in [6, 6.07) is 0. The molecule has 1 unspecified atom stereocenters. The van der Waals surface area contributed by atoms with Gasteiger partial charge in [0, 0.05) is 26.2 Å². The molecule has 1 fully saturated rings. The fourth-order valence-corrected chi connectivity index (χ4v) is 2.11. The summed E-state index contributed by atoms with van der Waals surface area (Å²) in [6.45, 7) is 11.7. The predicted octanol–water partition coefficient (Wildman–Crippen LogP) is 0.638. The first-order valence-corrected chi connectivity index (χ1v) is 6.72. The first kappa shape index (κ1) is 15.4. The summed E-state index contributed by atoms with van der Waals surface area (Å²) in [5.74, 6) is 0.0445. The van der Waals surface area contributed by atoms with Gasteiger partial charge in [0.25, 0.3) is 0 Å². The second-order valence-electron chi connectivity index (χ2n) is 5.21. The molecular formula is C13H26N2O3. The van der Waals surface area contributed by atoms with Crippen LogP contribution in [0.3, 0.4) is 0 Å². The molecular weight excluding hydrogens is 232 g/mol. The van der Waals surface area contributed by atoms with Gasteiger partial charge < -0.3 is 19.7 Å². The number of rotatable bonds is 6. The Bertz CT molecular complexity index is 265. The van der Waals surface area contributed by atoms with Crippen LogP contribution < -0.4 is 5.32 Å². The molecule has 0 spiro atoms. The van der Waals surface area contributed by atoms with E-state index in [0.717, 1.165) is 26.2 Å². The van der Waals surface area contributed by atoms with Crippen molar-refractivity contribution in [2.24, 2.45) is 0 Å².